The number of halogens is 4. The van der Waals surface area contributed by atoms with Gasteiger partial charge in [0.2, 0.25) is 11.9 Å². The van der Waals surface area contributed by atoms with Crippen LogP contribution in [0, 0.1) is 11.4 Å². The van der Waals surface area contributed by atoms with Crippen LogP contribution in [0.25, 0.3) is 0 Å². The van der Waals surface area contributed by atoms with Crippen molar-refractivity contribution < 1.29 is 31.9 Å². The third kappa shape index (κ3) is 4.29. The lowest BCUT2D eigenvalue weighted by Crippen LogP contribution is -2.51. The van der Waals surface area contributed by atoms with Crippen molar-refractivity contribution in [1.82, 2.24) is 25.9 Å². The molecule has 1 aromatic heterocycles. The van der Waals surface area contributed by atoms with E-state index in [0.717, 1.165) is 28.9 Å². The lowest BCUT2D eigenvalue weighted by atomic mass is 9.88. The fourth-order valence-corrected chi connectivity index (χ4v) is 2.92. The van der Waals surface area contributed by atoms with Gasteiger partial charge in [0.05, 0.1) is 5.56 Å². The van der Waals surface area contributed by atoms with E-state index in [1.807, 2.05) is 0 Å². The molecule has 0 radical (unpaired) electrons. The highest BCUT2D eigenvalue weighted by Crippen LogP contribution is 2.31. The highest BCUT2D eigenvalue weighted by Gasteiger charge is 2.45. The number of nitrogens with one attached hydrogen (secondary N) is 4. The van der Waals surface area contributed by atoms with E-state index in [-0.39, 0.29) is 12.1 Å². The van der Waals surface area contributed by atoms with E-state index in [0.29, 0.717) is 6.54 Å². The predicted molar refractivity (Wildman–Crippen MR) is 99.2 cm³/mol. The number of hydrogen-bond acceptors (Lipinski definition) is 5. The number of alkyl halides is 3. The van der Waals surface area contributed by atoms with E-state index >= 15 is 0 Å². The zero-order valence-electron chi connectivity index (χ0n) is 16.4. The molecule has 0 bridgehead atoms. The average Bonchev–Trinajstić information content (AvgIpc) is 3.20. The van der Waals surface area contributed by atoms with E-state index in [1.54, 1.807) is 0 Å². The molecule has 2 aromatic rings. The summed E-state index contributed by atoms with van der Waals surface area (Å²) < 4.78 is 53.2. The summed E-state index contributed by atoms with van der Waals surface area (Å²) in [6.45, 7) is 1.72. The fourth-order valence-electron chi connectivity index (χ4n) is 2.92. The Morgan fingerprint density at radius 3 is 2.39 bits per heavy atom. The van der Waals surface area contributed by atoms with Crippen LogP contribution >= 0.6 is 0 Å². The van der Waals surface area contributed by atoms with Crippen molar-refractivity contribution in [2.45, 2.75) is 19.5 Å². The Kier molecular flexibility index (Phi) is 5.61. The number of carbonyl (C=O) groups is 3. The maximum atomic E-state index is 14.4. The molecule has 3 rings (SSSR count). The third-order valence-corrected chi connectivity index (χ3v) is 4.88. The molecule has 1 aliphatic heterocycles. The van der Waals surface area contributed by atoms with Gasteiger partial charge in [0.1, 0.15) is 11.1 Å². The van der Waals surface area contributed by atoms with E-state index in [2.05, 4.69) is 26.6 Å². The zero-order chi connectivity index (χ0) is 23.0. The standard InChI is InChI=1S/C18H18F4N6O3/c1-17(7-8-23-15(17)30)16(31)26-25-14(29)12-11(13(19)28(2)27-12)24-10-5-3-9(4-6-10)18(20,21)22/h3-6,24H,7-8H2,1-2H3,(H,23,30)(H,25,29)(H,26,31)/t17-/m1/s1. The second-order valence-electron chi connectivity index (χ2n) is 7.08. The van der Waals surface area contributed by atoms with Crippen molar-refractivity contribution in [1.29, 1.82) is 0 Å². The quantitative estimate of drug-likeness (QED) is 0.326. The van der Waals surface area contributed by atoms with Crippen LogP contribution in [0.15, 0.2) is 24.3 Å². The molecule has 3 amide bonds. The number of aromatic nitrogens is 2. The third-order valence-electron chi connectivity index (χ3n) is 4.88. The monoisotopic (exact) mass is 442 g/mol. The van der Waals surface area contributed by atoms with Crippen LogP contribution in [0.4, 0.5) is 28.9 Å². The highest BCUT2D eigenvalue weighted by atomic mass is 19.4. The van der Waals surface area contributed by atoms with Crippen LogP contribution in [0.5, 0.6) is 0 Å². The van der Waals surface area contributed by atoms with Gasteiger partial charge < -0.3 is 10.6 Å². The van der Waals surface area contributed by atoms with Gasteiger partial charge in [-0.25, -0.2) is 4.68 Å². The summed E-state index contributed by atoms with van der Waals surface area (Å²) >= 11 is 0. The first-order chi connectivity index (χ1) is 14.4. The van der Waals surface area contributed by atoms with Gasteiger partial charge in [-0.3, -0.25) is 25.2 Å². The van der Waals surface area contributed by atoms with Gasteiger partial charge in [-0.05, 0) is 37.6 Å². The second-order valence-corrected chi connectivity index (χ2v) is 7.08. The van der Waals surface area contributed by atoms with Gasteiger partial charge >= 0.3 is 6.18 Å². The van der Waals surface area contributed by atoms with Crippen LogP contribution in [-0.4, -0.2) is 34.0 Å². The van der Waals surface area contributed by atoms with Crippen molar-refractivity contribution in [3.05, 3.63) is 41.5 Å². The van der Waals surface area contributed by atoms with Gasteiger partial charge in [0.15, 0.2) is 5.69 Å². The van der Waals surface area contributed by atoms with Crippen molar-refractivity contribution in [3.8, 4) is 0 Å². The van der Waals surface area contributed by atoms with Crippen molar-refractivity contribution in [2.24, 2.45) is 12.5 Å². The van der Waals surface area contributed by atoms with Crippen molar-refractivity contribution in [2.75, 3.05) is 11.9 Å². The summed E-state index contributed by atoms with van der Waals surface area (Å²) in [4.78, 5) is 36.5. The second kappa shape index (κ2) is 7.89. The molecule has 166 valence electrons. The molecule has 0 spiro atoms. The van der Waals surface area contributed by atoms with Crippen molar-refractivity contribution >= 4 is 29.1 Å². The molecule has 1 aromatic carbocycles. The van der Waals surface area contributed by atoms with E-state index < -0.39 is 52.2 Å². The number of carbonyl (C=O) groups excluding carboxylic acids is 3. The Hall–Kier alpha value is -3.64. The molecule has 1 fully saturated rings. The molecule has 4 N–H and O–H groups in total. The van der Waals surface area contributed by atoms with Crippen LogP contribution in [0.1, 0.15) is 29.4 Å². The van der Waals surface area contributed by atoms with E-state index in [4.69, 9.17) is 0 Å². The molecule has 1 saturated heterocycles. The zero-order valence-corrected chi connectivity index (χ0v) is 16.4. The lowest BCUT2D eigenvalue weighted by molar-refractivity contribution is -0.140. The number of nitrogens with zero attached hydrogens (tertiary/aromatic N) is 2. The van der Waals surface area contributed by atoms with Crippen LogP contribution in [0.2, 0.25) is 0 Å². The number of anilines is 2. The Bertz CT molecular complexity index is 1030. The first-order valence-corrected chi connectivity index (χ1v) is 8.99. The molecule has 31 heavy (non-hydrogen) atoms. The molecule has 0 saturated carbocycles. The Morgan fingerprint density at radius 1 is 1.19 bits per heavy atom. The number of amides is 3. The fraction of sp³-hybridized carbons (Fsp3) is 0.333. The minimum absolute atomic E-state index is 0.0770. The normalized spacial score (nSPS) is 18.5. The summed E-state index contributed by atoms with van der Waals surface area (Å²) in [5, 5.41) is 8.76. The minimum Gasteiger partial charge on any atom is -0.355 e. The Labute approximate surface area is 173 Å². The topological polar surface area (TPSA) is 117 Å². The van der Waals surface area contributed by atoms with Gasteiger partial charge in [0.25, 0.3) is 11.8 Å². The molecule has 0 unspecified atom stereocenters. The van der Waals surface area contributed by atoms with Gasteiger partial charge in [-0.2, -0.15) is 22.7 Å². The maximum absolute atomic E-state index is 14.4. The first kappa shape index (κ1) is 22.1. The number of hydrazine groups is 1. The first-order valence-electron chi connectivity index (χ1n) is 8.99. The number of hydrogen-bond donors (Lipinski definition) is 4. The van der Waals surface area contributed by atoms with E-state index in [1.165, 1.54) is 14.0 Å². The van der Waals surface area contributed by atoms with Gasteiger partial charge in [-0.1, -0.05) is 0 Å². The van der Waals surface area contributed by atoms with Crippen LogP contribution < -0.4 is 21.5 Å². The predicted octanol–water partition coefficient (Wildman–Crippen LogP) is 1.61. The number of benzene rings is 1. The largest absolute Gasteiger partial charge is 0.416 e. The number of aryl methyl sites for hydroxylation is 1. The Morgan fingerprint density at radius 2 is 1.84 bits per heavy atom. The molecule has 1 atom stereocenters. The number of rotatable bonds is 4. The summed E-state index contributed by atoms with van der Waals surface area (Å²) in [5.74, 6) is -3.21. The minimum atomic E-state index is -4.53. The summed E-state index contributed by atoms with van der Waals surface area (Å²) in [6.07, 6.45) is -4.30. The van der Waals surface area contributed by atoms with Gasteiger partial charge in [0, 0.05) is 19.3 Å². The summed E-state index contributed by atoms with van der Waals surface area (Å²) in [5.41, 5.74) is 1.13. The molecular formula is C18H18F4N6O3. The van der Waals surface area contributed by atoms with Crippen molar-refractivity contribution in [3.63, 3.8) is 0 Å². The van der Waals surface area contributed by atoms with Crippen LogP contribution in [-0.2, 0) is 22.8 Å². The smallest absolute Gasteiger partial charge is 0.355 e. The highest BCUT2D eigenvalue weighted by molar-refractivity contribution is 6.07. The summed E-state index contributed by atoms with van der Waals surface area (Å²) in [7, 11) is 1.21. The lowest BCUT2D eigenvalue weighted by Gasteiger charge is -2.19. The SMILES string of the molecule is Cn1nc(C(=O)NNC(=O)[C@]2(C)CCNC2=O)c(Nc2ccc(C(F)(F)F)cc2)c1F. The summed E-state index contributed by atoms with van der Waals surface area (Å²) in [6, 6.07) is 3.73. The van der Waals surface area contributed by atoms with E-state index in [9.17, 15) is 31.9 Å². The molecule has 13 heteroatoms. The average molecular weight is 442 g/mol. The van der Waals surface area contributed by atoms with Gasteiger partial charge in [-0.15, -0.1) is 0 Å². The maximum Gasteiger partial charge on any atom is 0.416 e. The Balaban J connectivity index is 1.75. The molecular weight excluding hydrogens is 424 g/mol. The molecule has 1 aliphatic rings. The van der Waals surface area contributed by atoms with Crippen LogP contribution in [0.3, 0.4) is 0 Å². The molecule has 9 nitrogen and oxygen atoms in total. The molecule has 0 aliphatic carbocycles. The molecule has 2 heterocycles.